The molecule has 1 saturated heterocycles. The van der Waals surface area contributed by atoms with Crippen LogP contribution in [-0.4, -0.2) is 43.3 Å². The number of carbonyl (C=O) groups excluding carboxylic acids is 2. The van der Waals surface area contributed by atoms with Gasteiger partial charge in [0, 0.05) is 41.8 Å². The number of benzene rings is 1. The third kappa shape index (κ3) is 4.26. The van der Waals surface area contributed by atoms with E-state index in [0.717, 1.165) is 10.5 Å². The van der Waals surface area contributed by atoms with E-state index in [1.165, 1.54) is 29.2 Å². The summed E-state index contributed by atoms with van der Waals surface area (Å²) in [5.41, 5.74) is -2.75. The fourth-order valence-electron chi connectivity index (χ4n) is 3.32. The molecule has 3 aromatic rings. The molecule has 3 amide bonds. The van der Waals surface area contributed by atoms with E-state index in [9.17, 15) is 22.8 Å². The highest BCUT2D eigenvalue weighted by Gasteiger charge is 2.43. The molecule has 0 bridgehead atoms. The summed E-state index contributed by atoms with van der Waals surface area (Å²) >= 11 is -0.257. The van der Waals surface area contributed by atoms with Crippen LogP contribution in [0.1, 0.15) is 12.5 Å². The Hall–Kier alpha value is -3.34. The van der Waals surface area contributed by atoms with E-state index in [2.05, 4.69) is 15.0 Å². The summed E-state index contributed by atoms with van der Waals surface area (Å²) in [4.78, 5) is 39.5. The van der Waals surface area contributed by atoms with E-state index in [-0.39, 0.29) is 28.9 Å². The number of imidazole rings is 1. The fourth-order valence-corrected chi connectivity index (χ4v) is 3.86. The van der Waals surface area contributed by atoms with Gasteiger partial charge in [0.25, 0.3) is 5.91 Å². The molecule has 160 valence electrons. The second kappa shape index (κ2) is 8.06. The number of halogens is 3. The molecule has 1 unspecified atom stereocenters. The predicted octanol–water partition coefficient (Wildman–Crippen LogP) is 4.44. The van der Waals surface area contributed by atoms with Crippen molar-refractivity contribution < 1.29 is 22.8 Å². The number of aromatic nitrogens is 3. The topological polar surface area (TPSA) is 82.2 Å². The maximum absolute atomic E-state index is 13.0. The number of thioether (sulfide) groups is 1. The molecule has 3 heterocycles. The quantitative estimate of drug-likeness (QED) is 0.462. The average Bonchev–Trinajstić information content (AvgIpc) is 3.32. The van der Waals surface area contributed by atoms with Gasteiger partial charge in [-0.2, -0.15) is 13.2 Å². The number of pyridine rings is 1. The molecule has 0 saturated carbocycles. The summed E-state index contributed by atoms with van der Waals surface area (Å²) in [5, 5.41) is 0. The van der Waals surface area contributed by atoms with E-state index >= 15 is 0 Å². The van der Waals surface area contributed by atoms with Gasteiger partial charge in [-0.15, -0.1) is 0 Å². The first-order valence-corrected chi connectivity index (χ1v) is 9.99. The highest BCUT2D eigenvalue weighted by molar-refractivity contribution is 8.00. The lowest BCUT2D eigenvalue weighted by Gasteiger charge is -2.20. The third-order valence-electron chi connectivity index (χ3n) is 4.82. The first-order chi connectivity index (χ1) is 14.7. The lowest BCUT2D eigenvalue weighted by atomic mass is 10.1. The minimum atomic E-state index is -4.41. The lowest BCUT2D eigenvalue weighted by Crippen LogP contribution is -2.33. The standard InChI is InChI=1S/C20H16F3N5O2S/c1-12-18(29)28(14-2-4-15(5-3-14)31-20(21,22)23)19(30)27(12)11-13-6-7-24-10-16(13)17-25-8-9-26-17/h2-10,12H,11H2,1H3,(H,25,26). The summed E-state index contributed by atoms with van der Waals surface area (Å²) in [5.74, 6) is 0.137. The molecule has 11 heteroatoms. The van der Waals surface area contributed by atoms with E-state index in [0.29, 0.717) is 11.4 Å². The molecule has 0 aliphatic carbocycles. The Bertz CT molecular complexity index is 1100. The smallest absolute Gasteiger partial charge is 0.345 e. The van der Waals surface area contributed by atoms with Crippen molar-refractivity contribution in [1.29, 1.82) is 0 Å². The van der Waals surface area contributed by atoms with Gasteiger partial charge in [-0.1, -0.05) is 0 Å². The Balaban J connectivity index is 1.58. The summed E-state index contributed by atoms with van der Waals surface area (Å²) in [7, 11) is 0. The molecule has 2 aromatic heterocycles. The molecule has 1 aromatic carbocycles. The minimum absolute atomic E-state index is 0.0277. The maximum Gasteiger partial charge on any atom is 0.446 e. The van der Waals surface area contributed by atoms with Crippen molar-refractivity contribution in [3.63, 3.8) is 0 Å². The van der Waals surface area contributed by atoms with Crippen LogP contribution in [0.3, 0.4) is 0 Å². The van der Waals surface area contributed by atoms with Crippen molar-refractivity contribution in [1.82, 2.24) is 19.9 Å². The number of nitrogens with zero attached hydrogens (tertiary/aromatic N) is 4. The predicted molar refractivity (Wildman–Crippen MR) is 108 cm³/mol. The van der Waals surface area contributed by atoms with Gasteiger partial charge in [-0.05, 0) is 54.6 Å². The minimum Gasteiger partial charge on any atom is -0.345 e. The van der Waals surface area contributed by atoms with Crippen molar-refractivity contribution in [2.24, 2.45) is 0 Å². The molecule has 1 fully saturated rings. The Kier molecular flexibility index (Phi) is 5.44. The largest absolute Gasteiger partial charge is 0.446 e. The second-order valence-electron chi connectivity index (χ2n) is 6.77. The van der Waals surface area contributed by atoms with Gasteiger partial charge in [0.1, 0.15) is 11.9 Å². The van der Waals surface area contributed by atoms with Gasteiger partial charge in [0.05, 0.1) is 5.69 Å². The van der Waals surface area contributed by atoms with Crippen LogP contribution < -0.4 is 4.90 Å². The number of urea groups is 1. The van der Waals surface area contributed by atoms with Crippen molar-refractivity contribution in [3.8, 4) is 11.4 Å². The van der Waals surface area contributed by atoms with Crippen LogP contribution in [0.5, 0.6) is 0 Å². The zero-order valence-electron chi connectivity index (χ0n) is 16.1. The van der Waals surface area contributed by atoms with Gasteiger partial charge >= 0.3 is 11.5 Å². The summed E-state index contributed by atoms with van der Waals surface area (Å²) in [6.07, 6.45) is 6.48. The van der Waals surface area contributed by atoms with Crippen molar-refractivity contribution in [2.45, 2.75) is 29.9 Å². The number of hydrogen-bond donors (Lipinski definition) is 1. The van der Waals surface area contributed by atoms with Crippen LogP contribution in [0, 0.1) is 0 Å². The molecule has 1 N–H and O–H groups in total. The molecule has 1 aliphatic rings. The Morgan fingerprint density at radius 2 is 1.87 bits per heavy atom. The number of hydrogen-bond acceptors (Lipinski definition) is 5. The zero-order valence-corrected chi connectivity index (χ0v) is 16.9. The highest BCUT2D eigenvalue weighted by Crippen LogP contribution is 2.38. The van der Waals surface area contributed by atoms with E-state index in [4.69, 9.17) is 0 Å². The molecule has 7 nitrogen and oxygen atoms in total. The van der Waals surface area contributed by atoms with Gasteiger partial charge in [0.15, 0.2) is 0 Å². The molecule has 31 heavy (non-hydrogen) atoms. The summed E-state index contributed by atoms with van der Waals surface area (Å²) in [6, 6.07) is 5.60. The number of H-pyrrole nitrogens is 1. The van der Waals surface area contributed by atoms with Gasteiger partial charge in [-0.25, -0.2) is 14.7 Å². The molecule has 0 spiro atoms. The first kappa shape index (κ1) is 20.9. The number of anilines is 1. The first-order valence-electron chi connectivity index (χ1n) is 9.17. The van der Waals surface area contributed by atoms with E-state index < -0.39 is 23.5 Å². The van der Waals surface area contributed by atoms with Gasteiger partial charge < -0.3 is 9.88 Å². The van der Waals surface area contributed by atoms with Crippen LogP contribution >= 0.6 is 11.8 Å². The molecule has 1 aliphatic heterocycles. The van der Waals surface area contributed by atoms with Crippen molar-refractivity contribution >= 4 is 29.4 Å². The molecule has 1 atom stereocenters. The summed E-state index contributed by atoms with van der Waals surface area (Å²) < 4.78 is 37.6. The molecule has 0 radical (unpaired) electrons. The Morgan fingerprint density at radius 1 is 1.13 bits per heavy atom. The van der Waals surface area contributed by atoms with Gasteiger partial charge in [-0.3, -0.25) is 9.78 Å². The van der Waals surface area contributed by atoms with Crippen LogP contribution in [0.4, 0.5) is 23.7 Å². The number of amides is 3. The van der Waals surface area contributed by atoms with Crippen LogP contribution in [0.25, 0.3) is 11.4 Å². The Labute approximate surface area is 179 Å². The van der Waals surface area contributed by atoms with Crippen LogP contribution in [0.2, 0.25) is 0 Å². The Morgan fingerprint density at radius 3 is 2.52 bits per heavy atom. The van der Waals surface area contributed by atoms with E-state index in [1.54, 1.807) is 37.8 Å². The number of alkyl halides is 3. The normalized spacial score (nSPS) is 17.0. The molecular weight excluding hydrogens is 431 g/mol. The fraction of sp³-hybridized carbons (Fsp3) is 0.200. The second-order valence-corrected chi connectivity index (χ2v) is 7.91. The van der Waals surface area contributed by atoms with Crippen LogP contribution in [0.15, 0.2) is 60.0 Å². The maximum atomic E-state index is 13.0. The SMILES string of the molecule is CC1C(=O)N(c2ccc(SC(F)(F)F)cc2)C(=O)N1Cc1ccncc1-c1ncc[nH]1. The van der Waals surface area contributed by atoms with Crippen molar-refractivity contribution in [2.75, 3.05) is 4.90 Å². The number of rotatable bonds is 5. The average molecular weight is 447 g/mol. The number of aromatic amines is 1. The van der Waals surface area contributed by atoms with Gasteiger partial charge in [0.2, 0.25) is 0 Å². The zero-order chi connectivity index (χ0) is 22.2. The summed E-state index contributed by atoms with van der Waals surface area (Å²) in [6.45, 7) is 1.75. The van der Waals surface area contributed by atoms with Crippen LogP contribution in [-0.2, 0) is 11.3 Å². The van der Waals surface area contributed by atoms with E-state index in [1.807, 2.05) is 0 Å². The number of imide groups is 1. The molecule has 4 rings (SSSR count). The number of nitrogens with one attached hydrogen (secondary N) is 1. The third-order valence-corrected chi connectivity index (χ3v) is 5.56. The van der Waals surface area contributed by atoms with Crippen molar-refractivity contribution in [3.05, 3.63) is 60.7 Å². The monoisotopic (exact) mass is 447 g/mol. The molecular formula is C20H16F3N5O2S. The lowest BCUT2D eigenvalue weighted by molar-refractivity contribution is -0.119. The highest BCUT2D eigenvalue weighted by atomic mass is 32.2. The number of carbonyl (C=O) groups is 2.